The second-order valence-corrected chi connectivity index (χ2v) is 5.13. The lowest BCUT2D eigenvalue weighted by atomic mass is 10.2. The predicted molar refractivity (Wildman–Crippen MR) is 74.8 cm³/mol. The summed E-state index contributed by atoms with van der Waals surface area (Å²) in [7, 11) is 0. The van der Waals surface area contributed by atoms with E-state index in [1.54, 1.807) is 17.5 Å². The number of carbonyl (C=O) groups is 2. The van der Waals surface area contributed by atoms with Gasteiger partial charge in [0.15, 0.2) is 10.8 Å². The Kier molecular flexibility index (Phi) is 5.07. The number of carboxylic acid groups (broad SMARTS) is 1. The molecule has 0 fully saturated rings. The number of carbonyl (C=O) groups excluding carboxylic acids is 1. The summed E-state index contributed by atoms with van der Waals surface area (Å²) in [6, 6.07) is 2.42. The van der Waals surface area contributed by atoms with Crippen molar-refractivity contribution in [1.29, 1.82) is 0 Å². The van der Waals surface area contributed by atoms with Gasteiger partial charge in [-0.3, -0.25) is 4.79 Å². The largest absolute Gasteiger partial charge is 0.480 e. The quantitative estimate of drug-likeness (QED) is 0.700. The molecule has 2 aromatic rings. The number of hydrogen-bond donors (Lipinski definition) is 3. The summed E-state index contributed by atoms with van der Waals surface area (Å²) in [6.45, 7) is -0.309. The average molecular weight is 310 g/mol. The summed E-state index contributed by atoms with van der Waals surface area (Å²) < 4.78 is 5.21. The van der Waals surface area contributed by atoms with Gasteiger partial charge in [0, 0.05) is 18.4 Å². The molecule has 1 unspecified atom stereocenters. The lowest BCUT2D eigenvalue weighted by molar-refractivity contribution is -0.142. The Morgan fingerprint density at radius 2 is 2.29 bits per heavy atom. The molecule has 0 spiro atoms. The van der Waals surface area contributed by atoms with E-state index in [0.29, 0.717) is 16.5 Å². The second-order valence-electron chi connectivity index (χ2n) is 4.27. The van der Waals surface area contributed by atoms with Gasteiger partial charge in [0.05, 0.1) is 18.4 Å². The Morgan fingerprint density at radius 3 is 2.90 bits per heavy atom. The van der Waals surface area contributed by atoms with Crippen molar-refractivity contribution in [3.63, 3.8) is 0 Å². The van der Waals surface area contributed by atoms with Crippen LogP contribution in [0.2, 0.25) is 0 Å². The highest BCUT2D eigenvalue weighted by atomic mass is 32.1. The van der Waals surface area contributed by atoms with E-state index in [9.17, 15) is 9.59 Å². The average Bonchev–Trinajstić information content (AvgIpc) is 3.08. The molecule has 1 atom stereocenters. The minimum absolute atomic E-state index is 0.0214. The van der Waals surface area contributed by atoms with Crippen molar-refractivity contribution < 1.29 is 24.2 Å². The molecule has 21 heavy (non-hydrogen) atoms. The number of aromatic nitrogens is 1. The molecule has 112 valence electrons. The van der Waals surface area contributed by atoms with Gasteiger partial charge in [-0.25, -0.2) is 9.78 Å². The van der Waals surface area contributed by atoms with Crippen molar-refractivity contribution in [3.05, 3.63) is 29.5 Å². The molecule has 2 rings (SSSR count). The van der Waals surface area contributed by atoms with Crippen LogP contribution in [-0.4, -0.2) is 39.7 Å². The van der Waals surface area contributed by atoms with Gasteiger partial charge in [0.25, 0.3) is 0 Å². The van der Waals surface area contributed by atoms with Crippen molar-refractivity contribution in [3.8, 4) is 10.8 Å². The van der Waals surface area contributed by atoms with Crippen LogP contribution in [0.4, 0.5) is 0 Å². The van der Waals surface area contributed by atoms with Crippen LogP contribution in [0.5, 0.6) is 0 Å². The van der Waals surface area contributed by atoms with Crippen LogP contribution >= 0.6 is 11.3 Å². The lowest BCUT2D eigenvalue weighted by Gasteiger charge is -2.12. The van der Waals surface area contributed by atoms with Crippen molar-refractivity contribution in [2.24, 2.45) is 0 Å². The zero-order valence-electron chi connectivity index (χ0n) is 11.0. The standard InChI is InChI=1S/C13H14N2O5S/c16-4-3-9(13(18)19)15-11(17)6-8-7-21-12(14-8)10-2-1-5-20-10/h1-2,5,7,9,16H,3-4,6H2,(H,15,17)(H,18,19). The molecule has 0 aliphatic rings. The summed E-state index contributed by atoms with van der Waals surface area (Å²) in [5.41, 5.74) is 0.539. The number of aliphatic hydroxyl groups is 1. The molecule has 0 aromatic carbocycles. The first-order valence-electron chi connectivity index (χ1n) is 6.21. The van der Waals surface area contributed by atoms with E-state index < -0.39 is 17.9 Å². The number of aliphatic carboxylic acids is 1. The third-order valence-corrected chi connectivity index (χ3v) is 3.58. The number of carboxylic acids is 1. The zero-order valence-corrected chi connectivity index (χ0v) is 11.8. The van der Waals surface area contributed by atoms with E-state index in [-0.39, 0.29) is 19.4 Å². The predicted octanol–water partition coefficient (Wildman–Crippen LogP) is 0.897. The van der Waals surface area contributed by atoms with Crippen molar-refractivity contribution in [2.75, 3.05) is 6.61 Å². The number of furan rings is 1. The van der Waals surface area contributed by atoms with E-state index >= 15 is 0 Å². The van der Waals surface area contributed by atoms with Gasteiger partial charge >= 0.3 is 5.97 Å². The van der Waals surface area contributed by atoms with Gasteiger partial charge < -0.3 is 19.9 Å². The Hall–Kier alpha value is -2.19. The van der Waals surface area contributed by atoms with E-state index in [2.05, 4.69) is 10.3 Å². The number of amides is 1. The van der Waals surface area contributed by atoms with Gasteiger partial charge in [-0.15, -0.1) is 11.3 Å². The van der Waals surface area contributed by atoms with Crippen LogP contribution < -0.4 is 5.32 Å². The molecule has 0 radical (unpaired) electrons. The molecule has 0 saturated heterocycles. The smallest absolute Gasteiger partial charge is 0.326 e. The molecule has 2 heterocycles. The molecule has 3 N–H and O–H groups in total. The first kappa shape index (κ1) is 15.2. The minimum atomic E-state index is -1.17. The van der Waals surface area contributed by atoms with Crippen LogP contribution in [0.15, 0.2) is 28.2 Å². The first-order valence-corrected chi connectivity index (χ1v) is 7.09. The van der Waals surface area contributed by atoms with E-state index in [0.717, 1.165) is 0 Å². The van der Waals surface area contributed by atoms with Crippen molar-refractivity contribution in [2.45, 2.75) is 18.9 Å². The molecule has 7 nitrogen and oxygen atoms in total. The third kappa shape index (κ3) is 4.14. The maximum absolute atomic E-state index is 11.8. The second kappa shape index (κ2) is 7.00. The highest BCUT2D eigenvalue weighted by Gasteiger charge is 2.20. The maximum Gasteiger partial charge on any atom is 0.326 e. The molecule has 0 aliphatic heterocycles. The number of nitrogens with one attached hydrogen (secondary N) is 1. The maximum atomic E-state index is 11.8. The van der Waals surface area contributed by atoms with Crippen LogP contribution in [-0.2, 0) is 16.0 Å². The Balaban J connectivity index is 1.95. The monoisotopic (exact) mass is 310 g/mol. The van der Waals surface area contributed by atoms with Crippen molar-refractivity contribution >= 4 is 23.2 Å². The Labute approximate surface area is 124 Å². The van der Waals surface area contributed by atoms with Crippen LogP contribution in [0.3, 0.4) is 0 Å². The lowest BCUT2D eigenvalue weighted by Crippen LogP contribution is -2.42. The molecule has 0 aliphatic carbocycles. The zero-order chi connectivity index (χ0) is 15.2. The highest BCUT2D eigenvalue weighted by Crippen LogP contribution is 2.24. The van der Waals surface area contributed by atoms with E-state index in [1.165, 1.54) is 17.6 Å². The number of aliphatic hydroxyl groups excluding tert-OH is 1. The molecule has 0 saturated carbocycles. The molecular weight excluding hydrogens is 296 g/mol. The van der Waals surface area contributed by atoms with E-state index in [1.807, 2.05) is 0 Å². The normalized spacial score (nSPS) is 12.0. The van der Waals surface area contributed by atoms with Crippen molar-refractivity contribution in [1.82, 2.24) is 10.3 Å². The fourth-order valence-corrected chi connectivity index (χ4v) is 2.48. The summed E-state index contributed by atoms with van der Waals surface area (Å²) in [6.07, 6.45) is 1.48. The first-order chi connectivity index (χ1) is 10.1. The summed E-state index contributed by atoms with van der Waals surface area (Å²) >= 11 is 1.34. The SMILES string of the molecule is O=C(Cc1csc(-c2ccco2)n1)NC(CCO)C(=O)O. The number of rotatable bonds is 7. The van der Waals surface area contributed by atoms with Gasteiger partial charge in [-0.1, -0.05) is 0 Å². The Bertz CT molecular complexity index is 608. The number of thiazole rings is 1. The summed E-state index contributed by atoms with van der Waals surface area (Å²) in [5, 5.41) is 22.4. The van der Waals surface area contributed by atoms with Crippen LogP contribution in [0.25, 0.3) is 10.8 Å². The molecule has 8 heteroatoms. The van der Waals surface area contributed by atoms with Crippen LogP contribution in [0, 0.1) is 0 Å². The number of hydrogen-bond acceptors (Lipinski definition) is 6. The van der Waals surface area contributed by atoms with Gasteiger partial charge in [0.2, 0.25) is 5.91 Å². The van der Waals surface area contributed by atoms with Gasteiger partial charge in [-0.05, 0) is 12.1 Å². The molecule has 2 aromatic heterocycles. The third-order valence-electron chi connectivity index (χ3n) is 2.68. The Morgan fingerprint density at radius 1 is 1.48 bits per heavy atom. The fourth-order valence-electron chi connectivity index (χ4n) is 1.70. The summed E-state index contributed by atoms with van der Waals surface area (Å²) in [4.78, 5) is 26.9. The fraction of sp³-hybridized carbons (Fsp3) is 0.308. The minimum Gasteiger partial charge on any atom is -0.480 e. The van der Waals surface area contributed by atoms with Gasteiger partial charge in [0.1, 0.15) is 6.04 Å². The van der Waals surface area contributed by atoms with Crippen LogP contribution in [0.1, 0.15) is 12.1 Å². The topological polar surface area (TPSA) is 113 Å². The van der Waals surface area contributed by atoms with Gasteiger partial charge in [-0.2, -0.15) is 0 Å². The molecule has 0 bridgehead atoms. The number of nitrogens with zero attached hydrogens (tertiary/aromatic N) is 1. The highest BCUT2D eigenvalue weighted by molar-refractivity contribution is 7.13. The molecular formula is C13H14N2O5S. The summed E-state index contributed by atoms with van der Waals surface area (Å²) in [5.74, 6) is -1.01. The molecule has 1 amide bonds. The van der Waals surface area contributed by atoms with E-state index in [4.69, 9.17) is 14.6 Å².